The minimum atomic E-state index is -0.538. The molecule has 0 aromatic carbocycles. The highest BCUT2D eigenvalue weighted by molar-refractivity contribution is 7.20. The molecule has 2 heterocycles. The molecule has 28 heavy (non-hydrogen) atoms. The van der Waals surface area contributed by atoms with Gasteiger partial charge in [-0.2, -0.15) is 0 Å². The number of esters is 2. The summed E-state index contributed by atoms with van der Waals surface area (Å²) in [6.45, 7) is 7.41. The van der Waals surface area contributed by atoms with Crippen LogP contribution in [0.2, 0.25) is 0 Å². The Kier molecular flexibility index (Phi) is 5.81. The first-order valence-corrected chi connectivity index (χ1v) is 10.7. The Bertz CT molecular complexity index is 995. The van der Waals surface area contributed by atoms with Crippen LogP contribution in [-0.2, 0) is 15.9 Å². The van der Waals surface area contributed by atoms with E-state index in [0.29, 0.717) is 28.8 Å². The Hall–Kier alpha value is -2.32. The van der Waals surface area contributed by atoms with E-state index in [1.807, 2.05) is 6.92 Å². The fraction of sp³-hybridized carbons (Fsp3) is 0.400. The third-order valence-corrected chi connectivity index (χ3v) is 6.92. The monoisotopic (exact) mass is 420 g/mol. The van der Waals surface area contributed by atoms with Gasteiger partial charge in [-0.05, 0) is 38.3 Å². The summed E-state index contributed by atoms with van der Waals surface area (Å²) in [5, 5.41) is 0. The molecule has 0 amide bonds. The van der Waals surface area contributed by atoms with Crippen LogP contribution in [0.4, 0.5) is 0 Å². The lowest BCUT2D eigenvalue weighted by Crippen LogP contribution is -2.19. The molecule has 0 saturated heterocycles. The SMILES string of the molecule is CCCc1c(C(=O)OCC)sc2c1C(=O)c1c(sc(C(=O)OCC)c1C)C2=O. The summed E-state index contributed by atoms with van der Waals surface area (Å²) in [5.74, 6) is -1.70. The van der Waals surface area contributed by atoms with Crippen LogP contribution in [0.25, 0.3) is 0 Å². The average molecular weight is 421 g/mol. The lowest BCUT2D eigenvalue weighted by Gasteiger charge is -2.13. The maximum atomic E-state index is 13.3. The van der Waals surface area contributed by atoms with Crippen molar-refractivity contribution in [1.82, 2.24) is 0 Å². The molecule has 2 aromatic heterocycles. The number of fused-ring (bicyclic) bond motifs is 2. The molecule has 1 aliphatic carbocycles. The van der Waals surface area contributed by atoms with Gasteiger partial charge in [0, 0.05) is 11.1 Å². The van der Waals surface area contributed by atoms with Crippen LogP contribution in [0.15, 0.2) is 0 Å². The number of carbonyl (C=O) groups excluding carboxylic acids is 4. The van der Waals surface area contributed by atoms with Gasteiger partial charge >= 0.3 is 11.9 Å². The average Bonchev–Trinajstić information content (AvgIpc) is 3.20. The summed E-state index contributed by atoms with van der Waals surface area (Å²) < 4.78 is 10.2. The van der Waals surface area contributed by atoms with Gasteiger partial charge in [0.2, 0.25) is 5.78 Å². The Morgan fingerprint density at radius 3 is 1.93 bits per heavy atom. The van der Waals surface area contributed by atoms with E-state index in [0.717, 1.165) is 22.7 Å². The lowest BCUT2D eigenvalue weighted by molar-refractivity contribution is 0.0521. The highest BCUT2D eigenvalue weighted by Crippen LogP contribution is 2.42. The molecule has 1 aliphatic rings. The molecular weight excluding hydrogens is 400 g/mol. The van der Waals surface area contributed by atoms with Crippen LogP contribution in [0, 0.1) is 6.92 Å². The van der Waals surface area contributed by atoms with E-state index in [4.69, 9.17) is 9.47 Å². The number of ketones is 2. The van der Waals surface area contributed by atoms with Gasteiger partial charge in [-0.1, -0.05) is 13.3 Å². The van der Waals surface area contributed by atoms with E-state index >= 15 is 0 Å². The molecule has 2 aromatic rings. The van der Waals surface area contributed by atoms with Gasteiger partial charge in [0.25, 0.3) is 0 Å². The van der Waals surface area contributed by atoms with E-state index in [1.54, 1.807) is 20.8 Å². The molecule has 3 rings (SSSR count). The number of ether oxygens (including phenoxy) is 2. The fourth-order valence-electron chi connectivity index (χ4n) is 3.28. The quantitative estimate of drug-likeness (QED) is 0.556. The summed E-state index contributed by atoms with van der Waals surface area (Å²) in [5.41, 5.74) is 1.54. The number of thiophene rings is 2. The Labute approximate surface area is 170 Å². The van der Waals surface area contributed by atoms with Gasteiger partial charge in [-0.15, -0.1) is 22.7 Å². The molecule has 0 N–H and O–H groups in total. The van der Waals surface area contributed by atoms with Gasteiger partial charge in [0.15, 0.2) is 5.78 Å². The molecule has 0 unspecified atom stereocenters. The van der Waals surface area contributed by atoms with Crippen molar-refractivity contribution >= 4 is 46.2 Å². The van der Waals surface area contributed by atoms with Crippen LogP contribution >= 0.6 is 22.7 Å². The van der Waals surface area contributed by atoms with Crippen molar-refractivity contribution in [1.29, 1.82) is 0 Å². The highest BCUT2D eigenvalue weighted by Gasteiger charge is 2.40. The maximum absolute atomic E-state index is 13.3. The molecule has 6 nitrogen and oxygen atoms in total. The highest BCUT2D eigenvalue weighted by atomic mass is 32.1. The molecule has 0 aliphatic heterocycles. The van der Waals surface area contributed by atoms with Crippen LogP contribution in [-0.4, -0.2) is 36.7 Å². The van der Waals surface area contributed by atoms with E-state index in [2.05, 4.69) is 0 Å². The molecule has 0 saturated carbocycles. The Balaban J connectivity index is 2.18. The smallest absolute Gasteiger partial charge is 0.348 e. The summed E-state index contributed by atoms with van der Waals surface area (Å²) in [6.07, 6.45) is 1.20. The largest absolute Gasteiger partial charge is 0.462 e. The second-order valence-corrected chi connectivity index (χ2v) is 8.26. The first-order chi connectivity index (χ1) is 13.4. The Morgan fingerprint density at radius 1 is 0.821 bits per heavy atom. The van der Waals surface area contributed by atoms with Gasteiger partial charge in [-0.25, -0.2) is 9.59 Å². The molecular formula is C20H20O6S2. The van der Waals surface area contributed by atoms with Crippen molar-refractivity contribution in [3.8, 4) is 0 Å². The number of carbonyl (C=O) groups is 4. The van der Waals surface area contributed by atoms with E-state index < -0.39 is 11.9 Å². The zero-order valence-corrected chi connectivity index (χ0v) is 17.7. The van der Waals surface area contributed by atoms with E-state index in [1.165, 1.54) is 0 Å². The van der Waals surface area contributed by atoms with Crippen LogP contribution in [0.3, 0.4) is 0 Å². The first kappa shape index (κ1) is 20.4. The molecule has 148 valence electrons. The summed E-state index contributed by atoms with van der Waals surface area (Å²) in [6, 6.07) is 0. The van der Waals surface area contributed by atoms with Crippen molar-refractivity contribution in [2.45, 2.75) is 40.5 Å². The van der Waals surface area contributed by atoms with Gasteiger partial charge in [0.1, 0.15) is 9.75 Å². The number of rotatable bonds is 6. The summed E-state index contributed by atoms with van der Waals surface area (Å²) in [4.78, 5) is 52.1. The van der Waals surface area contributed by atoms with E-state index in [9.17, 15) is 19.2 Å². The summed E-state index contributed by atoms with van der Waals surface area (Å²) >= 11 is 1.98. The zero-order valence-electron chi connectivity index (χ0n) is 16.1. The summed E-state index contributed by atoms with van der Waals surface area (Å²) in [7, 11) is 0. The molecule has 0 atom stereocenters. The van der Waals surface area contributed by atoms with Gasteiger partial charge < -0.3 is 9.47 Å². The first-order valence-electron chi connectivity index (χ1n) is 9.09. The van der Waals surface area contributed by atoms with Crippen molar-refractivity contribution < 1.29 is 28.7 Å². The van der Waals surface area contributed by atoms with Crippen molar-refractivity contribution in [3.05, 3.63) is 41.8 Å². The van der Waals surface area contributed by atoms with Crippen LogP contribution in [0.1, 0.15) is 88.1 Å². The predicted molar refractivity (Wildman–Crippen MR) is 106 cm³/mol. The molecule has 0 spiro atoms. The third-order valence-electron chi connectivity index (χ3n) is 4.44. The van der Waals surface area contributed by atoms with Crippen molar-refractivity contribution in [3.63, 3.8) is 0 Å². The fourth-order valence-corrected chi connectivity index (χ4v) is 5.68. The van der Waals surface area contributed by atoms with Crippen LogP contribution in [0.5, 0.6) is 0 Å². The minimum Gasteiger partial charge on any atom is -0.462 e. The molecule has 8 heteroatoms. The predicted octanol–water partition coefficient (Wildman–Crippen LogP) is 4.20. The van der Waals surface area contributed by atoms with Crippen molar-refractivity contribution in [2.24, 2.45) is 0 Å². The van der Waals surface area contributed by atoms with E-state index in [-0.39, 0.29) is 50.5 Å². The van der Waals surface area contributed by atoms with Crippen LogP contribution < -0.4 is 0 Å². The topological polar surface area (TPSA) is 86.7 Å². The standard InChI is InChI=1S/C20H20O6S2/c1-5-8-10-12-13(21)11-9(4)15(19(23)25-6-2)27-17(11)14(22)18(12)28-16(10)20(24)26-7-3/h5-8H2,1-4H3. The number of hydrogen-bond donors (Lipinski definition) is 0. The lowest BCUT2D eigenvalue weighted by atomic mass is 9.88. The van der Waals surface area contributed by atoms with Gasteiger partial charge in [0.05, 0.1) is 23.0 Å². The maximum Gasteiger partial charge on any atom is 0.348 e. The zero-order chi connectivity index (χ0) is 20.6. The third kappa shape index (κ3) is 3.10. The minimum absolute atomic E-state index is 0.208. The molecule has 0 bridgehead atoms. The van der Waals surface area contributed by atoms with Gasteiger partial charge in [-0.3, -0.25) is 9.59 Å². The molecule has 0 radical (unpaired) electrons. The van der Waals surface area contributed by atoms with Crippen molar-refractivity contribution in [2.75, 3.05) is 13.2 Å². The second kappa shape index (κ2) is 7.97. The Morgan fingerprint density at radius 2 is 1.36 bits per heavy atom. The second-order valence-electron chi connectivity index (χ2n) is 6.22. The molecule has 0 fully saturated rings. The number of hydrogen-bond acceptors (Lipinski definition) is 8. The normalized spacial score (nSPS) is 12.6.